The molecule has 4 heteroatoms. The van der Waals surface area contributed by atoms with Crippen LogP contribution in [0.2, 0.25) is 0 Å². The Kier molecular flexibility index (Phi) is 4.80. The minimum atomic E-state index is 0. The van der Waals surface area contributed by atoms with Crippen LogP contribution in [0.4, 0.5) is 0 Å². The monoisotopic (exact) mass is 240 g/mol. The fourth-order valence-electron chi connectivity index (χ4n) is 1.97. The van der Waals surface area contributed by atoms with Gasteiger partial charge in [-0.3, -0.25) is 0 Å². The molecule has 3 N–H and O–H groups in total. The standard InChI is InChI=1S/C12H16N2O.ClH/c13-6-5-10-9-14(7-8-15)12-4-2-1-3-11(10)12;/h1-4,9,15H,5-8,13H2;1H. The minimum absolute atomic E-state index is 0. The molecule has 0 saturated carbocycles. The Balaban J connectivity index is 0.00000128. The summed E-state index contributed by atoms with van der Waals surface area (Å²) in [5, 5.41) is 10.2. The van der Waals surface area contributed by atoms with E-state index in [1.165, 1.54) is 16.5 Å². The second kappa shape index (κ2) is 5.89. The minimum Gasteiger partial charge on any atom is -0.395 e. The van der Waals surface area contributed by atoms with Crippen LogP contribution in [-0.4, -0.2) is 22.8 Å². The zero-order chi connectivity index (χ0) is 10.7. The van der Waals surface area contributed by atoms with E-state index in [1.54, 1.807) is 0 Å². The van der Waals surface area contributed by atoms with Gasteiger partial charge in [-0.05, 0) is 24.6 Å². The summed E-state index contributed by atoms with van der Waals surface area (Å²) >= 11 is 0. The number of aromatic nitrogens is 1. The highest BCUT2D eigenvalue weighted by molar-refractivity contribution is 5.85. The molecule has 3 nitrogen and oxygen atoms in total. The van der Waals surface area contributed by atoms with Gasteiger partial charge in [-0.2, -0.15) is 0 Å². The predicted molar refractivity (Wildman–Crippen MR) is 69.0 cm³/mol. The molecule has 0 unspecified atom stereocenters. The number of hydrogen-bond donors (Lipinski definition) is 2. The van der Waals surface area contributed by atoms with E-state index < -0.39 is 0 Å². The number of benzene rings is 1. The van der Waals surface area contributed by atoms with Crippen molar-refractivity contribution in [3.8, 4) is 0 Å². The van der Waals surface area contributed by atoms with E-state index in [0.717, 1.165) is 6.42 Å². The zero-order valence-electron chi connectivity index (χ0n) is 9.10. The Bertz CT molecular complexity index is 413. The van der Waals surface area contributed by atoms with Crippen molar-refractivity contribution in [1.82, 2.24) is 4.57 Å². The van der Waals surface area contributed by atoms with Crippen molar-refractivity contribution in [1.29, 1.82) is 0 Å². The molecule has 0 atom stereocenters. The number of nitrogens with zero attached hydrogens (tertiary/aromatic N) is 1. The average molecular weight is 241 g/mol. The first kappa shape index (κ1) is 13.0. The van der Waals surface area contributed by atoms with Crippen molar-refractivity contribution in [2.75, 3.05) is 13.2 Å². The molecule has 0 aliphatic carbocycles. The van der Waals surface area contributed by atoms with Crippen LogP contribution in [0.3, 0.4) is 0 Å². The summed E-state index contributed by atoms with van der Waals surface area (Å²) in [4.78, 5) is 0. The second-order valence-corrected chi connectivity index (χ2v) is 3.63. The fourth-order valence-corrected chi connectivity index (χ4v) is 1.97. The first-order valence-electron chi connectivity index (χ1n) is 5.24. The van der Waals surface area contributed by atoms with Crippen LogP contribution in [0.25, 0.3) is 10.9 Å². The van der Waals surface area contributed by atoms with E-state index in [2.05, 4.69) is 22.9 Å². The van der Waals surface area contributed by atoms with Gasteiger partial charge >= 0.3 is 0 Å². The molecule has 88 valence electrons. The molecule has 0 spiro atoms. The molecule has 0 radical (unpaired) electrons. The number of para-hydroxylation sites is 1. The Hall–Kier alpha value is -1.03. The summed E-state index contributed by atoms with van der Waals surface area (Å²) in [5.41, 5.74) is 8.02. The van der Waals surface area contributed by atoms with Crippen LogP contribution in [0.15, 0.2) is 30.5 Å². The summed E-state index contributed by atoms with van der Waals surface area (Å²) in [5.74, 6) is 0. The number of halogens is 1. The normalized spacial score (nSPS) is 10.4. The van der Waals surface area contributed by atoms with E-state index in [1.807, 2.05) is 12.1 Å². The van der Waals surface area contributed by atoms with Crippen LogP contribution >= 0.6 is 12.4 Å². The van der Waals surface area contributed by atoms with Crippen molar-refractivity contribution in [2.24, 2.45) is 5.73 Å². The number of fused-ring (bicyclic) bond motifs is 1. The van der Waals surface area contributed by atoms with Gasteiger partial charge in [0.05, 0.1) is 6.61 Å². The number of hydrogen-bond acceptors (Lipinski definition) is 2. The molecule has 0 fully saturated rings. The highest BCUT2D eigenvalue weighted by Crippen LogP contribution is 2.21. The molecular formula is C12H17ClN2O. The summed E-state index contributed by atoms with van der Waals surface area (Å²) in [6.07, 6.45) is 2.98. The topological polar surface area (TPSA) is 51.2 Å². The third-order valence-corrected chi connectivity index (χ3v) is 2.63. The first-order valence-corrected chi connectivity index (χ1v) is 5.24. The van der Waals surface area contributed by atoms with Gasteiger partial charge in [0, 0.05) is 23.6 Å². The lowest BCUT2D eigenvalue weighted by atomic mass is 10.1. The smallest absolute Gasteiger partial charge is 0.0610 e. The van der Waals surface area contributed by atoms with Gasteiger partial charge in [-0.25, -0.2) is 0 Å². The lowest BCUT2D eigenvalue weighted by molar-refractivity contribution is 0.278. The molecule has 1 aromatic heterocycles. The Labute approximate surface area is 101 Å². The van der Waals surface area contributed by atoms with Crippen molar-refractivity contribution >= 4 is 23.3 Å². The molecule has 0 aliphatic heterocycles. The van der Waals surface area contributed by atoms with Crippen LogP contribution < -0.4 is 5.73 Å². The van der Waals surface area contributed by atoms with Crippen LogP contribution in [0.5, 0.6) is 0 Å². The molecule has 2 rings (SSSR count). The highest BCUT2D eigenvalue weighted by Gasteiger charge is 2.06. The van der Waals surface area contributed by atoms with Crippen LogP contribution in [-0.2, 0) is 13.0 Å². The van der Waals surface area contributed by atoms with Gasteiger partial charge in [-0.1, -0.05) is 18.2 Å². The maximum atomic E-state index is 8.97. The average Bonchev–Trinajstić information content (AvgIpc) is 2.59. The first-order chi connectivity index (χ1) is 7.36. The van der Waals surface area contributed by atoms with Gasteiger partial charge < -0.3 is 15.4 Å². The predicted octanol–water partition coefficient (Wildman–Crippen LogP) is 1.56. The van der Waals surface area contributed by atoms with Crippen molar-refractivity contribution in [3.63, 3.8) is 0 Å². The van der Waals surface area contributed by atoms with E-state index >= 15 is 0 Å². The maximum Gasteiger partial charge on any atom is 0.0610 e. The fraction of sp³-hybridized carbons (Fsp3) is 0.333. The van der Waals surface area contributed by atoms with Crippen LogP contribution in [0.1, 0.15) is 5.56 Å². The molecule has 0 amide bonds. The molecule has 0 bridgehead atoms. The molecular weight excluding hydrogens is 224 g/mol. The van der Waals surface area contributed by atoms with Crippen LogP contribution in [0, 0.1) is 0 Å². The molecule has 1 heterocycles. The van der Waals surface area contributed by atoms with E-state index in [9.17, 15) is 0 Å². The van der Waals surface area contributed by atoms with Gasteiger partial charge in [-0.15, -0.1) is 12.4 Å². The number of aliphatic hydroxyl groups excluding tert-OH is 1. The molecule has 2 aromatic rings. The second-order valence-electron chi connectivity index (χ2n) is 3.63. The third-order valence-electron chi connectivity index (χ3n) is 2.63. The Morgan fingerprint density at radius 3 is 2.69 bits per heavy atom. The van der Waals surface area contributed by atoms with Gasteiger partial charge in [0.1, 0.15) is 0 Å². The van der Waals surface area contributed by atoms with Crippen molar-refractivity contribution in [2.45, 2.75) is 13.0 Å². The summed E-state index contributed by atoms with van der Waals surface area (Å²) in [7, 11) is 0. The van der Waals surface area contributed by atoms with E-state index in [0.29, 0.717) is 13.1 Å². The van der Waals surface area contributed by atoms with Crippen molar-refractivity contribution < 1.29 is 5.11 Å². The van der Waals surface area contributed by atoms with Gasteiger partial charge in [0.25, 0.3) is 0 Å². The molecule has 0 aliphatic rings. The third kappa shape index (κ3) is 2.38. The number of rotatable bonds is 4. The highest BCUT2D eigenvalue weighted by atomic mass is 35.5. The largest absolute Gasteiger partial charge is 0.395 e. The summed E-state index contributed by atoms with van der Waals surface area (Å²) in [6, 6.07) is 8.23. The van der Waals surface area contributed by atoms with Gasteiger partial charge in [0.2, 0.25) is 0 Å². The Morgan fingerprint density at radius 1 is 1.25 bits per heavy atom. The Morgan fingerprint density at radius 2 is 2.00 bits per heavy atom. The lowest BCUT2D eigenvalue weighted by Crippen LogP contribution is -2.02. The summed E-state index contributed by atoms with van der Waals surface area (Å²) < 4.78 is 2.08. The van der Waals surface area contributed by atoms with Crippen molar-refractivity contribution in [3.05, 3.63) is 36.0 Å². The zero-order valence-corrected chi connectivity index (χ0v) is 9.91. The quantitative estimate of drug-likeness (QED) is 0.852. The van der Waals surface area contributed by atoms with E-state index in [4.69, 9.17) is 10.8 Å². The number of aliphatic hydroxyl groups is 1. The van der Waals surface area contributed by atoms with Gasteiger partial charge in [0.15, 0.2) is 0 Å². The lowest BCUT2D eigenvalue weighted by Gasteiger charge is -2.00. The molecule has 16 heavy (non-hydrogen) atoms. The number of nitrogens with two attached hydrogens (primary N) is 1. The SMILES string of the molecule is Cl.NCCc1cn(CCO)c2ccccc12. The molecule has 1 aromatic carbocycles. The maximum absolute atomic E-state index is 8.97. The van der Waals surface area contributed by atoms with E-state index in [-0.39, 0.29) is 19.0 Å². The summed E-state index contributed by atoms with van der Waals surface area (Å²) in [6.45, 7) is 1.47. The molecule has 0 saturated heterocycles.